The molecule has 12 heteroatoms. The molecule has 0 saturated carbocycles. The van der Waals surface area contributed by atoms with Crippen molar-refractivity contribution >= 4 is 10.9 Å². The average molecular weight is 516 g/mol. The number of ether oxygens (including phenoxy) is 1. The van der Waals surface area contributed by atoms with Crippen molar-refractivity contribution in [3.8, 4) is 5.75 Å². The van der Waals surface area contributed by atoms with Crippen LogP contribution in [0.15, 0.2) is 30.5 Å². The van der Waals surface area contributed by atoms with E-state index in [1.165, 1.54) is 18.3 Å². The van der Waals surface area contributed by atoms with Gasteiger partial charge in [0.2, 0.25) is 5.95 Å². The van der Waals surface area contributed by atoms with Gasteiger partial charge in [0, 0.05) is 29.9 Å². The molecular weight excluding hydrogens is 490 g/mol. The summed E-state index contributed by atoms with van der Waals surface area (Å²) in [6.45, 7) is 4.88. The molecule has 1 aromatic carbocycles. The van der Waals surface area contributed by atoms with Crippen LogP contribution in [0.25, 0.3) is 10.9 Å². The van der Waals surface area contributed by atoms with E-state index in [0.717, 1.165) is 16.8 Å². The molecule has 3 unspecified atom stereocenters. The second-order valence-corrected chi connectivity index (χ2v) is 9.48. The molecular formula is C24H26F6N4O2. The van der Waals surface area contributed by atoms with Gasteiger partial charge in [0.05, 0.1) is 22.1 Å². The lowest BCUT2D eigenvalue weighted by Crippen LogP contribution is -2.53. The summed E-state index contributed by atoms with van der Waals surface area (Å²) in [5.74, 6) is -1.23. The Kier molecular flexibility index (Phi) is 6.95. The molecule has 3 aromatic rings. The molecule has 0 bridgehead atoms. The molecule has 0 aliphatic carbocycles. The molecule has 3 heterocycles. The minimum Gasteiger partial charge on any atom is -0.492 e. The molecule has 1 aliphatic rings. The van der Waals surface area contributed by atoms with Gasteiger partial charge in [-0.05, 0) is 51.8 Å². The Labute approximate surface area is 203 Å². The second kappa shape index (κ2) is 9.55. The Morgan fingerprint density at radius 1 is 1.22 bits per heavy atom. The fraction of sp³-hybridized carbons (Fsp3) is 0.500. The van der Waals surface area contributed by atoms with Crippen LogP contribution in [-0.4, -0.2) is 38.6 Å². The first-order valence-electron chi connectivity index (χ1n) is 11.4. The zero-order valence-corrected chi connectivity index (χ0v) is 19.8. The molecule has 2 N–H and O–H groups in total. The first-order valence-corrected chi connectivity index (χ1v) is 11.4. The van der Waals surface area contributed by atoms with Crippen molar-refractivity contribution in [2.45, 2.75) is 69.9 Å². The molecule has 3 atom stereocenters. The molecule has 6 nitrogen and oxygen atoms in total. The number of nitrogens with zero attached hydrogens (tertiary/aromatic N) is 3. The van der Waals surface area contributed by atoms with E-state index in [1.807, 2.05) is 6.92 Å². The number of aliphatic hydroxyl groups is 1. The van der Waals surface area contributed by atoms with E-state index >= 15 is 0 Å². The van der Waals surface area contributed by atoms with E-state index in [0.29, 0.717) is 5.56 Å². The highest BCUT2D eigenvalue weighted by molar-refractivity contribution is 5.85. The van der Waals surface area contributed by atoms with Crippen molar-refractivity contribution in [2.24, 2.45) is 0 Å². The summed E-state index contributed by atoms with van der Waals surface area (Å²) in [6, 6.07) is 3.31. The van der Waals surface area contributed by atoms with E-state index in [1.54, 1.807) is 13.8 Å². The van der Waals surface area contributed by atoms with Crippen molar-refractivity contribution in [1.82, 2.24) is 20.1 Å². The van der Waals surface area contributed by atoms with Crippen LogP contribution in [0.5, 0.6) is 5.75 Å². The third kappa shape index (κ3) is 5.15. The minimum absolute atomic E-state index is 0.0983. The van der Waals surface area contributed by atoms with E-state index in [4.69, 9.17) is 4.74 Å². The van der Waals surface area contributed by atoms with Gasteiger partial charge < -0.3 is 15.2 Å². The van der Waals surface area contributed by atoms with E-state index < -0.39 is 47.5 Å². The smallest absolute Gasteiger partial charge is 0.418 e. The maximum absolute atomic E-state index is 14.5. The van der Waals surface area contributed by atoms with E-state index in [9.17, 15) is 31.4 Å². The number of pyridine rings is 1. The molecule has 196 valence electrons. The Morgan fingerprint density at radius 3 is 2.53 bits per heavy atom. The lowest BCUT2D eigenvalue weighted by Gasteiger charge is -2.41. The summed E-state index contributed by atoms with van der Waals surface area (Å²) >= 11 is 0. The molecule has 0 spiro atoms. The van der Waals surface area contributed by atoms with Crippen LogP contribution < -0.4 is 10.1 Å². The zero-order valence-electron chi connectivity index (χ0n) is 19.8. The van der Waals surface area contributed by atoms with Crippen molar-refractivity contribution in [2.75, 3.05) is 6.61 Å². The molecule has 2 aromatic heterocycles. The van der Waals surface area contributed by atoms with Crippen molar-refractivity contribution in [3.05, 3.63) is 53.2 Å². The number of hydrogen-bond donors (Lipinski definition) is 2. The van der Waals surface area contributed by atoms with Gasteiger partial charge in [-0.2, -0.15) is 17.6 Å². The van der Waals surface area contributed by atoms with Gasteiger partial charge in [-0.3, -0.25) is 9.67 Å². The van der Waals surface area contributed by atoms with Gasteiger partial charge in [0.15, 0.2) is 0 Å². The van der Waals surface area contributed by atoms with Crippen LogP contribution in [0, 0.1) is 5.95 Å². The molecule has 1 aliphatic heterocycles. The minimum atomic E-state index is -4.77. The van der Waals surface area contributed by atoms with Crippen LogP contribution in [0.4, 0.5) is 26.3 Å². The molecule has 36 heavy (non-hydrogen) atoms. The normalized spacial score (nSPS) is 23.1. The monoisotopic (exact) mass is 516 g/mol. The number of halogens is 6. The summed E-state index contributed by atoms with van der Waals surface area (Å²) in [7, 11) is 0. The summed E-state index contributed by atoms with van der Waals surface area (Å²) < 4.78 is 88.3. The first kappa shape index (κ1) is 26.2. The number of piperidine rings is 1. The van der Waals surface area contributed by atoms with Crippen LogP contribution in [0.2, 0.25) is 0 Å². The highest BCUT2D eigenvalue weighted by atomic mass is 19.4. The lowest BCUT2D eigenvalue weighted by atomic mass is 9.79. The fourth-order valence-corrected chi connectivity index (χ4v) is 4.75. The predicted octanol–water partition coefficient (Wildman–Crippen LogP) is 5.51. The number of benzene rings is 1. The largest absolute Gasteiger partial charge is 0.492 e. The Morgan fingerprint density at radius 2 is 1.94 bits per heavy atom. The number of nitrogens with one attached hydrogen (secondary N) is 1. The topological polar surface area (TPSA) is 72.2 Å². The highest BCUT2D eigenvalue weighted by Crippen LogP contribution is 2.40. The second-order valence-electron chi connectivity index (χ2n) is 9.48. The summed E-state index contributed by atoms with van der Waals surface area (Å²) in [6.07, 6.45) is -5.94. The van der Waals surface area contributed by atoms with Gasteiger partial charge in [0.1, 0.15) is 18.1 Å². The van der Waals surface area contributed by atoms with Gasteiger partial charge in [0.25, 0.3) is 6.43 Å². The van der Waals surface area contributed by atoms with Crippen LogP contribution in [-0.2, 0) is 11.8 Å². The van der Waals surface area contributed by atoms with Gasteiger partial charge in [-0.25, -0.2) is 8.78 Å². The SMILES string of the molecule is CC1CC(O)(c2ccc(C(F)F)nc2)CC(COc2cc(C(F)(F)F)c3c(c2)c(F)nn3C(C)C)N1. The zero-order chi connectivity index (χ0) is 26.4. The van der Waals surface area contributed by atoms with Gasteiger partial charge in [-0.15, -0.1) is 5.10 Å². The average Bonchev–Trinajstić information content (AvgIpc) is 3.13. The third-order valence-electron chi connectivity index (χ3n) is 6.27. The molecule has 0 radical (unpaired) electrons. The highest BCUT2D eigenvalue weighted by Gasteiger charge is 2.40. The Balaban J connectivity index is 1.58. The molecule has 0 amide bonds. The van der Waals surface area contributed by atoms with Crippen LogP contribution in [0.1, 0.15) is 62.9 Å². The molecule has 1 fully saturated rings. The number of alkyl halides is 5. The first-order chi connectivity index (χ1) is 16.8. The predicted molar refractivity (Wildman–Crippen MR) is 119 cm³/mol. The third-order valence-corrected chi connectivity index (χ3v) is 6.27. The molecule has 4 rings (SSSR count). The summed E-state index contributed by atoms with van der Waals surface area (Å²) in [4.78, 5) is 3.71. The molecule has 1 saturated heterocycles. The number of aromatic nitrogens is 3. The van der Waals surface area contributed by atoms with Crippen LogP contribution >= 0.6 is 0 Å². The summed E-state index contributed by atoms with van der Waals surface area (Å²) in [5, 5.41) is 17.8. The number of hydrogen-bond acceptors (Lipinski definition) is 5. The number of rotatable bonds is 6. The van der Waals surface area contributed by atoms with Crippen molar-refractivity contribution in [1.29, 1.82) is 0 Å². The summed E-state index contributed by atoms with van der Waals surface area (Å²) in [5.41, 5.74) is -2.88. The fourth-order valence-electron chi connectivity index (χ4n) is 4.75. The van der Waals surface area contributed by atoms with E-state index in [-0.39, 0.29) is 42.1 Å². The van der Waals surface area contributed by atoms with Gasteiger partial charge in [-0.1, -0.05) is 6.07 Å². The quantitative estimate of drug-likeness (QED) is 0.423. The van der Waals surface area contributed by atoms with Gasteiger partial charge >= 0.3 is 6.18 Å². The Hall–Kier alpha value is -2.86. The van der Waals surface area contributed by atoms with Crippen molar-refractivity contribution in [3.63, 3.8) is 0 Å². The van der Waals surface area contributed by atoms with Crippen molar-refractivity contribution < 1.29 is 36.2 Å². The lowest BCUT2D eigenvalue weighted by molar-refractivity contribution is -0.136. The maximum Gasteiger partial charge on any atom is 0.418 e. The number of fused-ring (bicyclic) bond motifs is 1. The maximum atomic E-state index is 14.5. The van der Waals surface area contributed by atoms with Crippen LogP contribution in [0.3, 0.4) is 0 Å². The van der Waals surface area contributed by atoms with E-state index in [2.05, 4.69) is 15.4 Å². The Bertz CT molecular complexity index is 1230. The standard InChI is InChI=1S/C24H26F6N4O2/c1-12(2)34-20-17(22(27)33-34)6-16(7-18(20)24(28,29)30)36-11-15-9-23(35,8-13(3)32-15)14-4-5-19(21(25)26)31-10-14/h4-7,10,12-13,15,21,32,35H,8-9,11H2,1-3H3.